The van der Waals surface area contributed by atoms with Gasteiger partial charge in [-0.25, -0.2) is 0 Å². The number of hydrogen-bond acceptors (Lipinski definition) is 4. The number of halogens is 1. The van der Waals surface area contributed by atoms with Crippen LogP contribution in [0.25, 0.3) is 0 Å². The number of fused-ring (bicyclic) bond motifs is 2. The van der Waals surface area contributed by atoms with Crippen LogP contribution < -0.4 is 19.7 Å². The molecule has 0 bridgehead atoms. The van der Waals surface area contributed by atoms with E-state index < -0.39 is 0 Å². The fraction of sp³-hybridized carbons (Fsp3) is 0.176. The maximum Gasteiger partial charge on any atom is 0.259 e. The summed E-state index contributed by atoms with van der Waals surface area (Å²) in [6, 6.07) is 10.3. The average Bonchev–Trinajstić information content (AvgIpc) is 2.60. The largest absolute Gasteiger partial charge is 0.486 e. The molecule has 122 valence electrons. The number of ether oxygens (including phenoxy) is 2. The van der Waals surface area contributed by atoms with Crippen LogP contribution in [-0.2, 0) is 4.79 Å². The summed E-state index contributed by atoms with van der Waals surface area (Å²) in [5, 5.41) is 3.06. The second-order valence-electron chi connectivity index (χ2n) is 5.44. The van der Waals surface area contributed by atoms with Crippen LogP contribution in [0.5, 0.6) is 11.5 Å². The molecule has 4 rings (SSSR count). The van der Waals surface area contributed by atoms with Gasteiger partial charge in [0.2, 0.25) is 5.91 Å². The summed E-state index contributed by atoms with van der Waals surface area (Å²) in [7, 11) is 0. The van der Waals surface area contributed by atoms with Gasteiger partial charge >= 0.3 is 0 Å². The number of carbonyl (C=O) groups is 2. The molecule has 6 nitrogen and oxygen atoms in total. The van der Waals surface area contributed by atoms with Crippen molar-refractivity contribution in [2.45, 2.75) is 0 Å². The van der Waals surface area contributed by atoms with Crippen LogP contribution in [0.4, 0.5) is 11.4 Å². The van der Waals surface area contributed by atoms with Crippen molar-refractivity contribution in [3.05, 3.63) is 47.0 Å². The third-order valence-electron chi connectivity index (χ3n) is 3.86. The number of hydrogen-bond donors (Lipinski definition) is 1. The van der Waals surface area contributed by atoms with Crippen molar-refractivity contribution in [2.24, 2.45) is 0 Å². The van der Waals surface area contributed by atoms with Crippen LogP contribution in [0, 0.1) is 0 Å². The lowest BCUT2D eigenvalue weighted by Gasteiger charge is -2.29. The highest BCUT2D eigenvalue weighted by atomic mass is 35.5. The molecule has 0 saturated heterocycles. The van der Waals surface area contributed by atoms with Crippen molar-refractivity contribution in [1.82, 2.24) is 0 Å². The fourth-order valence-electron chi connectivity index (χ4n) is 2.80. The van der Waals surface area contributed by atoms with Crippen molar-refractivity contribution in [2.75, 3.05) is 30.0 Å². The van der Waals surface area contributed by atoms with E-state index in [-0.39, 0.29) is 18.4 Å². The highest BCUT2D eigenvalue weighted by molar-refractivity contribution is 6.33. The van der Waals surface area contributed by atoms with E-state index in [1.54, 1.807) is 24.3 Å². The summed E-state index contributed by atoms with van der Waals surface area (Å²) in [4.78, 5) is 26.3. The Kier molecular flexibility index (Phi) is 3.54. The van der Waals surface area contributed by atoms with E-state index in [9.17, 15) is 9.59 Å². The lowest BCUT2D eigenvalue weighted by atomic mass is 10.1. The van der Waals surface area contributed by atoms with Crippen molar-refractivity contribution in [3.8, 4) is 11.5 Å². The molecule has 0 aliphatic carbocycles. The molecule has 0 spiro atoms. The normalized spacial score (nSPS) is 15.5. The molecule has 2 aliphatic rings. The minimum absolute atomic E-state index is 0.0537. The summed E-state index contributed by atoms with van der Waals surface area (Å²) in [6.45, 7) is 0.761. The first-order valence-electron chi connectivity index (χ1n) is 7.43. The van der Waals surface area contributed by atoms with Gasteiger partial charge in [0.05, 0.1) is 16.4 Å². The molecule has 0 fully saturated rings. The lowest BCUT2D eigenvalue weighted by molar-refractivity contribution is -0.115. The molecule has 0 saturated carbocycles. The molecule has 0 aromatic heterocycles. The number of para-hydroxylation sites is 2. The molecule has 2 heterocycles. The van der Waals surface area contributed by atoms with E-state index in [1.807, 2.05) is 6.07 Å². The Hall–Kier alpha value is -2.73. The second-order valence-corrected chi connectivity index (χ2v) is 5.85. The van der Waals surface area contributed by atoms with Gasteiger partial charge in [0.15, 0.2) is 11.5 Å². The molecule has 2 aromatic rings. The molecule has 2 aromatic carbocycles. The molecule has 24 heavy (non-hydrogen) atoms. The predicted molar refractivity (Wildman–Crippen MR) is 89.2 cm³/mol. The highest BCUT2D eigenvalue weighted by Gasteiger charge is 2.29. The molecular weight excluding hydrogens is 332 g/mol. The van der Waals surface area contributed by atoms with Crippen LogP contribution in [-0.4, -0.2) is 31.6 Å². The van der Waals surface area contributed by atoms with E-state index in [0.717, 1.165) is 0 Å². The molecule has 0 radical (unpaired) electrons. The van der Waals surface area contributed by atoms with Gasteiger partial charge < -0.3 is 14.8 Å². The maximum absolute atomic E-state index is 12.9. The van der Waals surface area contributed by atoms with Gasteiger partial charge in [-0.15, -0.1) is 0 Å². The van der Waals surface area contributed by atoms with E-state index in [0.29, 0.717) is 46.7 Å². The average molecular weight is 345 g/mol. The fourth-order valence-corrected chi connectivity index (χ4v) is 3.07. The molecule has 2 amide bonds. The standard InChI is InChI=1S/C17H13ClN2O4/c18-11-7-10(8-14-16(11)24-6-5-23-14)17(22)20-9-15(21)19-12-3-1-2-4-13(12)20/h1-4,7-8H,5-6,9H2,(H,19,21). The Bertz CT molecular complexity index is 852. The molecule has 7 heteroatoms. The zero-order valence-corrected chi connectivity index (χ0v) is 13.3. The van der Waals surface area contributed by atoms with Gasteiger partial charge in [-0.2, -0.15) is 0 Å². The van der Waals surface area contributed by atoms with E-state index in [2.05, 4.69) is 5.32 Å². The summed E-state index contributed by atoms with van der Waals surface area (Å²) in [5.74, 6) is 0.310. The van der Waals surface area contributed by atoms with Gasteiger partial charge in [0, 0.05) is 5.56 Å². The van der Waals surface area contributed by atoms with Gasteiger partial charge in [-0.3, -0.25) is 14.5 Å². The second kappa shape index (κ2) is 5.72. The zero-order chi connectivity index (χ0) is 16.7. The molecule has 1 N–H and O–H groups in total. The van der Waals surface area contributed by atoms with E-state index in [4.69, 9.17) is 21.1 Å². The Morgan fingerprint density at radius 3 is 2.83 bits per heavy atom. The van der Waals surface area contributed by atoms with Gasteiger partial charge in [-0.1, -0.05) is 23.7 Å². The monoisotopic (exact) mass is 344 g/mol. The summed E-state index contributed by atoms with van der Waals surface area (Å²) in [5.41, 5.74) is 1.59. The molecular formula is C17H13ClN2O4. The number of nitrogens with one attached hydrogen (secondary N) is 1. The molecule has 0 unspecified atom stereocenters. The van der Waals surface area contributed by atoms with Crippen LogP contribution in [0.1, 0.15) is 10.4 Å². The smallest absolute Gasteiger partial charge is 0.259 e. The zero-order valence-electron chi connectivity index (χ0n) is 12.5. The highest BCUT2D eigenvalue weighted by Crippen LogP contribution is 2.39. The van der Waals surface area contributed by atoms with Gasteiger partial charge in [0.1, 0.15) is 19.8 Å². The van der Waals surface area contributed by atoms with Crippen LogP contribution in [0.3, 0.4) is 0 Å². The summed E-state index contributed by atoms with van der Waals surface area (Å²) in [6.07, 6.45) is 0. The Labute approximate surface area is 142 Å². The van der Waals surface area contributed by atoms with Crippen LogP contribution >= 0.6 is 11.6 Å². The Balaban J connectivity index is 1.74. The van der Waals surface area contributed by atoms with E-state index >= 15 is 0 Å². The van der Waals surface area contributed by atoms with Crippen LogP contribution in [0.2, 0.25) is 5.02 Å². The first-order valence-corrected chi connectivity index (χ1v) is 7.81. The minimum Gasteiger partial charge on any atom is -0.486 e. The molecule has 2 aliphatic heterocycles. The summed E-state index contributed by atoms with van der Waals surface area (Å²) < 4.78 is 11.0. The number of amides is 2. The minimum atomic E-state index is -0.323. The first kappa shape index (κ1) is 14.8. The number of nitrogens with zero attached hydrogens (tertiary/aromatic N) is 1. The van der Waals surface area contributed by atoms with Crippen molar-refractivity contribution in [1.29, 1.82) is 0 Å². The topological polar surface area (TPSA) is 67.9 Å². The third-order valence-corrected chi connectivity index (χ3v) is 4.14. The maximum atomic E-state index is 12.9. The Morgan fingerprint density at radius 1 is 1.17 bits per heavy atom. The third kappa shape index (κ3) is 2.45. The van der Waals surface area contributed by atoms with Gasteiger partial charge in [-0.05, 0) is 24.3 Å². The van der Waals surface area contributed by atoms with Gasteiger partial charge in [0.25, 0.3) is 5.91 Å². The van der Waals surface area contributed by atoms with E-state index in [1.165, 1.54) is 11.0 Å². The quantitative estimate of drug-likeness (QED) is 0.863. The van der Waals surface area contributed by atoms with Crippen LogP contribution in [0.15, 0.2) is 36.4 Å². The Morgan fingerprint density at radius 2 is 1.96 bits per heavy atom. The number of rotatable bonds is 1. The predicted octanol–water partition coefficient (Wildman–Crippen LogP) is 2.71. The molecule has 0 atom stereocenters. The van der Waals surface area contributed by atoms with Crippen molar-refractivity contribution < 1.29 is 19.1 Å². The van der Waals surface area contributed by atoms with Crippen molar-refractivity contribution >= 4 is 34.8 Å². The summed E-state index contributed by atoms with van der Waals surface area (Å²) >= 11 is 6.20. The number of anilines is 2. The first-order chi connectivity index (χ1) is 11.6. The van der Waals surface area contributed by atoms with Crippen molar-refractivity contribution in [3.63, 3.8) is 0 Å². The number of benzene rings is 2. The number of carbonyl (C=O) groups excluding carboxylic acids is 2. The lowest BCUT2D eigenvalue weighted by Crippen LogP contribution is -2.42. The SMILES string of the molecule is O=C1CN(C(=O)c2cc(Cl)c3c(c2)OCCO3)c2ccccc2N1.